The summed E-state index contributed by atoms with van der Waals surface area (Å²) in [6, 6.07) is 4.54. The van der Waals surface area contributed by atoms with E-state index in [2.05, 4.69) is 4.98 Å². The molecule has 0 N–H and O–H groups in total. The van der Waals surface area contributed by atoms with E-state index in [-0.39, 0.29) is 12.2 Å². The molecule has 3 nitrogen and oxygen atoms in total. The number of halogens is 3. The summed E-state index contributed by atoms with van der Waals surface area (Å²) in [5.74, 6) is -0.708. The molecule has 1 aromatic rings. The lowest BCUT2D eigenvalue weighted by Gasteiger charge is -2.21. The lowest BCUT2D eigenvalue weighted by Crippen LogP contribution is -2.39. The topological polar surface area (TPSA) is 33.2 Å². The van der Waals surface area contributed by atoms with Gasteiger partial charge in [0.1, 0.15) is 12.2 Å². The van der Waals surface area contributed by atoms with Crippen LogP contribution in [0.2, 0.25) is 0 Å². The van der Waals surface area contributed by atoms with Crippen molar-refractivity contribution in [2.45, 2.75) is 13.1 Å². The van der Waals surface area contributed by atoms with E-state index in [1.165, 1.54) is 19.2 Å². The Morgan fingerprint density at radius 1 is 1.44 bits per heavy atom. The van der Waals surface area contributed by atoms with Gasteiger partial charge in [0, 0.05) is 12.7 Å². The summed E-state index contributed by atoms with van der Waals surface area (Å²) in [7, 11) is 0. The molecule has 0 bridgehead atoms. The molecule has 0 aliphatic carbocycles. The number of nitrogens with zero attached hydrogens (tertiary/aromatic N) is 2. The monoisotopic (exact) mass is 232 g/mol. The lowest BCUT2D eigenvalue weighted by molar-refractivity contribution is -0.140. The highest BCUT2D eigenvalue weighted by atomic mass is 19.4. The van der Waals surface area contributed by atoms with Crippen LogP contribution in [0.25, 0.3) is 0 Å². The third kappa shape index (κ3) is 3.52. The molecular weight excluding hydrogens is 221 g/mol. The molecule has 6 heteroatoms. The second kappa shape index (κ2) is 4.96. The largest absolute Gasteiger partial charge is 0.406 e. The molecular formula is C10H11F3N2O. The smallest absolute Gasteiger partial charge is 0.328 e. The van der Waals surface area contributed by atoms with Crippen molar-refractivity contribution in [2.75, 3.05) is 13.1 Å². The standard InChI is InChI=1S/C10H11F3N2O/c1-2-15(7-10(11,12)13)9(16)8-5-3-4-6-14-8/h3-6H,2,7H2,1H3. The van der Waals surface area contributed by atoms with Gasteiger partial charge >= 0.3 is 6.18 Å². The lowest BCUT2D eigenvalue weighted by atomic mass is 10.3. The van der Waals surface area contributed by atoms with E-state index in [1.807, 2.05) is 0 Å². The summed E-state index contributed by atoms with van der Waals surface area (Å²) >= 11 is 0. The second-order valence-corrected chi connectivity index (χ2v) is 3.15. The summed E-state index contributed by atoms with van der Waals surface area (Å²) in [5.41, 5.74) is 0.0219. The highest BCUT2D eigenvalue weighted by Gasteiger charge is 2.32. The molecule has 1 amide bonds. The molecule has 0 aliphatic heterocycles. The number of hydrogen-bond acceptors (Lipinski definition) is 2. The van der Waals surface area contributed by atoms with Gasteiger partial charge in [-0.3, -0.25) is 9.78 Å². The van der Waals surface area contributed by atoms with Gasteiger partial charge in [0.2, 0.25) is 0 Å². The minimum absolute atomic E-state index is 0.00504. The van der Waals surface area contributed by atoms with Gasteiger partial charge in [-0.1, -0.05) is 6.07 Å². The van der Waals surface area contributed by atoms with E-state index in [1.54, 1.807) is 12.1 Å². The molecule has 0 aromatic carbocycles. The Labute approximate surface area is 90.9 Å². The van der Waals surface area contributed by atoms with Crippen molar-refractivity contribution in [3.63, 3.8) is 0 Å². The van der Waals surface area contributed by atoms with Gasteiger partial charge in [-0.25, -0.2) is 0 Å². The molecule has 0 spiro atoms. The third-order valence-corrected chi connectivity index (χ3v) is 1.92. The molecule has 88 valence electrons. The van der Waals surface area contributed by atoms with Crippen LogP contribution in [0.15, 0.2) is 24.4 Å². The number of amides is 1. The predicted octanol–water partition coefficient (Wildman–Crippen LogP) is 2.11. The van der Waals surface area contributed by atoms with Gasteiger partial charge in [-0.2, -0.15) is 13.2 Å². The van der Waals surface area contributed by atoms with Crippen molar-refractivity contribution >= 4 is 5.91 Å². The molecule has 0 fully saturated rings. The molecule has 0 unspecified atom stereocenters. The molecule has 1 heterocycles. The van der Waals surface area contributed by atoms with Crippen molar-refractivity contribution in [2.24, 2.45) is 0 Å². The first-order valence-electron chi connectivity index (χ1n) is 4.71. The average Bonchev–Trinajstić information content (AvgIpc) is 2.25. The van der Waals surface area contributed by atoms with Crippen molar-refractivity contribution in [1.82, 2.24) is 9.88 Å². The van der Waals surface area contributed by atoms with Crippen LogP contribution < -0.4 is 0 Å². The molecule has 0 radical (unpaired) electrons. The van der Waals surface area contributed by atoms with Crippen LogP contribution in [0.1, 0.15) is 17.4 Å². The van der Waals surface area contributed by atoms with Crippen LogP contribution in [0.3, 0.4) is 0 Å². The number of hydrogen-bond donors (Lipinski definition) is 0. The first kappa shape index (κ1) is 12.5. The summed E-state index contributed by atoms with van der Waals surface area (Å²) < 4.78 is 36.5. The highest BCUT2D eigenvalue weighted by Crippen LogP contribution is 2.17. The molecule has 1 rings (SSSR count). The zero-order valence-electron chi connectivity index (χ0n) is 8.66. The Morgan fingerprint density at radius 2 is 2.12 bits per heavy atom. The molecule has 0 aliphatic rings. The molecule has 0 atom stereocenters. The van der Waals surface area contributed by atoms with Crippen molar-refractivity contribution < 1.29 is 18.0 Å². The van der Waals surface area contributed by atoms with Crippen molar-refractivity contribution in [3.05, 3.63) is 30.1 Å². The summed E-state index contributed by atoms with van der Waals surface area (Å²) in [6.07, 6.45) is -3.02. The maximum atomic E-state index is 12.2. The van der Waals surface area contributed by atoms with Crippen molar-refractivity contribution in [3.8, 4) is 0 Å². The fourth-order valence-electron chi connectivity index (χ4n) is 1.19. The number of pyridine rings is 1. The van der Waals surface area contributed by atoms with Crippen LogP contribution in [0.5, 0.6) is 0 Å². The van der Waals surface area contributed by atoms with E-state index in [0.717, 1.165) is 0 Å². The predicted molar refractivity (Wildman–Crippen MR) is 51.9 cm³/mol. The van der Waals surface area contributed by atoms with Crippen LogP contribution in [0.4, 0.5) is 13.2 Å². The SMILES string of the molecule is CCN(CC(F)(F)F)C(=O)c1ccccn1. The first-order chi connectivity index (χ1) is 7.44. The van der Waals surface area contributed by atoms with Crippen LogP contribution >= 0.6 is 0 Å². The maximum Gasteiger partial charge on any atom is 0.406 e. The van der Waals surface area contributed by atoms with Gasteiger partial charge in [-0.15, -0.1) is 0 Å². The second-order valence-electron chi connectivity index (χ2n) is 3.15. The number of carbonyl (C=O) groups excluding carboxylic acids is 1. The van der Waals surface area contributed by atoms with E-state index >= 15 is 0 Å². The maximum absolute atomic E-state index is 12.2. The molecule has 0 saturated heterocycles. The number of carbonyl (C=O) groups is 1. The zero-order valence-corrected chi connectivity index (χ0v) is 8.66. The minimum Gasteiger partial charge on any atom is -0.328 e. The van der Waals surface area contributed by atoms with E-state index in [9.17, 15) is 18.0 Å². The Kier molecular flexibility index (Phi) is 3.87. The fourth-order valence-corrected chi connectivity index (χ4v) is 1.19. The van der Waals surface area contributed by atoms with Crippen LogP contribution in [-0.4, -0.2) is 35.1 Å². The van der Waals surface area contributed by atoms with Gasteiger partial charge in [-0.05, 0) is 19.1 Å². The number of aromatic nitrogens is 1. The van der Waals surface area contributed by atoms with E-state index < -0.39 is 18.6 Å². The van der Waals surface area contributed by atoms with Gasteiger partial charge in [0.05, 0.1) is 0 Å². The Hall–Kier alpha value is -1.59. The van der Waals surface area contributed by atoms with Crippen molar-refractivity contribution in [1.29, 1.82) is 0 Å². The Morgan fingerprint density at radius 3 is 2.56 bits per heavy atom. The van der Waals surface area contributed by atoms with Crippen LogP contribution in [-0.2, 0) is 0 Å². The Balaban J connectivity index is 2.78. The molecule has 1 aromatic heterocycles. The normalized spacial score (nSPS) is 11.2. The minimum atomic E-state index is -4.39. The van der Waals surface area contributed by atoms with E-state index in [4.69, 9.17) is 0 Å². The number of rotatable bonds is 3. The number of alkyl halides is 3. The summed E-state index contributed by atoms with van der Waals surface area (Å²) in [5, 5.41) is 0. The Bertz CT molecular complexity index is 351. The molecule has 16 heavy (non-hydrogen) atoms. The van der Waals surface area contributed by atoms with Crippen LogP contribution in [0, 0.1) is 0 Å². The zero-order chi connectivity index (χ0) is 12.2. The van der Waals surface area contributed by atoms with E-state index in [0.29, 0.717) is 4.90 Å². The quantitative estimate of drug-likeness (QED) is 0.799. The average molecular weight is 232 g/mol. The fraction of sp³-hybridized carbons (Fsp3) is 0.400. The summed E-state index contributed by atoms with van der Waals surface area (Å²) in [4.78, 5) is 16.0. The first-order valence-corrected chi connectivity index (χ1v) is 4.71. The highest BCUT2D eigenvalue weighted by molar-refractivity contribution is 5.92. The van der Waals surface area contributed by atoms with Gasteiger partial charge in [0.25, 0.3) is 5.91 Å². The third-order valence-electron chi connectivity index (χ3n) is 1.92. The van der Waals surface area contributed by atoms with Gasteiger partial charge in [0.15, 0.2) is 0 Å². The van der Waals surface area contributed by atoms with Gasteiger partial charge < -0.3 is 4.90 Å². The molecule has 0 saturated carbocycles. The summed E-state index contributed by atoms with van der Waals surface area (Å²) in [6.45, 7) is 0.237.